The van der Waals surface area contributed by atoms with Crippen LogP contribution >= 0.6 is 45.2 Å². The van der Waals surface area contributed by atoms with Crippen LogP contribution in [0.1, 0.15) is 0 Å². The SMILES string of the molecule is ICCOCCOc1c2ccccc2c(OCCOCCI)c2ccccc12. The Morgan fingerprint density at radius 2 is 0.857 bits per heavy atom. The molecule has 0 atom stereocenters. The average molecular weight is 606 g/mol. The number of halogens is 2. The van der Waals surface area contributed by atoms with Crippen molar-refractivity contribution in [2.45, 2.75) is 0 Å². The quantitative estimate of drug-likeness (QED) is 0.116. The summed E-state index contributed by atoms with van der Waals surface area (Å²) >= 11 is 4.61. The molecule has 0 bridgehead atoms. The summed E-state index contributed by atoms with van der Waals surface area (Å²) in [6.07, 6.45) is 0. The van der Waals surface area contributed by atoms with Gasteiger partial charge >= 0.3 is 0 Å². The first-order valence-corrected chi connectivity index (χ1v) is 12.4. The van der Waals surface area contributed by atoms with Crippen LogP contribution in [0.5, 0.6) is 11.5 Å². The standard InChI is InChI=1S/C22H24I2O4/c23-9-11-25-13-15-27-21-17-5-1-2-6-18(17)22(28-16-14-26-12-10-24)20-8-4-3-7-19(20)21/h1-8H,9-16H2. The van der Waals surface area contributed by atoms with Gasteiger partial charge in [-0.25, -0.2) is 0 Å². The monoisotopic (exact) mass is 606 g/mol. The molecule has 0 saturated heterocycles. The Labute approximate surface area is 193 Å². The third-order valence-corrected chi connectivity index (χ3v) is 5.10. The van der Waals surface area contributed by atoms with Crippen molar-refractivity contribution in [3.05, 3.63) is 48.5 Å². The van der Waals surface area contributed by atoms with E-state index in [0.29, 0.717) is 26.4 Å². The molecule has 0 radical (unpaired) electrons. The van der Waals surface area contributed by atoms with Crippen LogP contribution in [0, 0.1) is 0 Å². The molecule has 28 heavy (non-hydrogen) atoms. The van der Waals surface area contributed by atoms with Crippen molar-refractivity contribution in [1.82, 2.24) is 0 Å². The maximum atomic E-state index is 6.18. The summed E-state index contributed by atoms with van der Waals surface area (Å²) in [5, 5.41) is 4.22. The molecule has 0 spiro atoms. The fraction of sp³-hybridized carbons (Fsp3) is 0.364. The van der Waals surface area contributed by atoms with Gasteiger partial charge in [-0.3, -0.25) is 0 Å². The average Bonchev–Trinajstić information content (AvgIpc) is 2.74. The fourth-order valence-electron chi connectivity index (χ4n) is 3.08. The van der Waals surface area contributed by atoms with E-state index in [2.05, 4.69) is 69.4 Å². The molecule has 0 aliphatic heterocycles. The summed E-state index contributed by atoms with van der Waals surface area (Å²) in [6, 6.07) is 16.5. The topological polar surface area (TPSA) is 36.9 Å². The van der Waals surface area contributed by atoms with E-state index in [0.717, 1.165) is 55.1 Å². The van der Waals surface area contributed by atoms with Crippen LogP contribution in [-0.4, -0.2) is 48.5 Å². The number of rotatable bonds is 12. The molecule has 3 rings (SSSR count). The van der Waals surface area contributed by atoms with Gasteiger partial charge in [-0.2, -0.15) is 0 Å². The van der Waals surface area contributed by atoms with Gasteiger partial charge in [0.2, 0.25) is 0 Å². The lowest BCUT2D eigenvalue weighted by Crippen LogP contribution is -2.10. The highest BCUT2D eigenvalue weighted by molar-refractivity contribution is 14.1. The zero-order valence-corrected chi connectivity index (χ0v) is 20.0. The zero-order chi connectivity index (χ0) is 19.6. The van der Waals surface area contributed by atoms with Crippen molar-refractivity contribution in [3.8, 4) is 11.5 Å². The van der Waals surface area contributed by atoms with Gasteiger partial charge < -0.3 is 18.9 Å². The molecule has 0 unspecified atom stereocenters. The Balaban J connectivity index is 1.91. The molecule has 0 aliphatic carbocycles. The molecule has 3 aromatic carbocycles. The molecule has 0 aliphatic rings. The molecular formula is C22H24I2O4. The first kappa shape index (κ1) is 21.9. The highest BCUT2D eigenvalue weighted by Crippen LogP contribution is 2.42. The van der Waals surface area contributed by atoms with Gasteiger partial charge in [0.15, 0.2) is 0 Å². The Kier molecular flexibility index (Phi) is 9.36. The first-order valence-electron chi connectivity index (χ1n) is 9.33. The van der Waals surface area contributed by atoms with Crippen LogP contribution in [0.2, 0.25) is 0 Å². The van der Waals surface area contributed by atoms with Crippen LogP contribution in [0.25, 0.3) is 21.5 Å². The highest BCUT2D eigenvalue weighted by atomic mass is 127. The van der Waals surface area contributed by atoms with E-state index in [1.54, 1.807) is 0 Å². The van der Waals surface area contributed by atoms with E-state index in [4.69, 9.17) is 18.9 Å². The molecule has 0 fully saturated rings. The van der Waals surface area contributed by atoms with E-state index in [-0.39, 0.29) is 0 Å². The van der Waals surface area contributed by atoms with Gasteiger partial charge in [-0.05, 0) is 0 Å². The first-order chi connectivity index (χ1) is 13.9. The van der Waals surface area contributed by atoms with Crippen molar-refractivity contribution >= 4 is 66.7 Å². The summed E-state index contributed by atoms with van der Waals surface area (Å²) in [5.41, 5.74) is 0. The van der Waals surface area contributed by atoms with Crippen LogP contribution < -0.4 is 9.47 Å². The smallest absolute Gasteiger partial charge is 0.135 e. The lowest BCUT2D eigenvalue weighted by Gasteiger charge is -2.18. The summed E-state index contributed by atoms with van der Waals surface area (Å²) in [5.74, 6) is 1.77. The summed E-state index contributed by atoms with van der Waals surface area (Å²) in [4.78, 5) is 0. The van der Waals surface area contributed by atoms with Crippen molar-refractivity contribution in [2.75, 3.05) is 48.5 Å². The van der Waals surface area contributed by atoms with E-state index < -0.39 is 0 Å². The van der Waals surface area contributed by atoms with E-state index >= 15 is 0 Å². The van der Waals surface area contributed by atoms with Gasteiger partial charge in [-0.15, -0.1) is 0 Å². The molecular weight excluding hydrogens is 582 g/mol. The third-order valence-electron chi connectivity index (χ3n) is 4.22. The summed E-state index contributed by atoms with van der Waals surface area (Å²) < 4.78 is 25.5. The predicted molar refractivity (Wildman–Crippen MR) is 132 cm³/mol. The maximum Gasteiger partial charge on any atom is 0.135 e. The number of benzene rings is 3. The molecule has 0 heterocycles. The lowest BCUT2D eigenvalue weighted by atomic mass is 10.0. The lowest BCUT2D eigenvalue weighted by molar-refractivity contribution is 0.113. The molecule has 4 nitrogen and oxygen atoms in total. The largest absolute Gasteiger partial charge is 0.490 e. The number of alkyl halides is 2. The fourth-order valence-corrected chi connectivity index (χ4v) is 3.70. The van der Waals surface area contributed by atoms with Crippen LogP contribution in [0.15, 0.2) is 48.5 Å². The predicted octanol–water partition coefficient (Wildman–Crippen LogP) is 5.65. The van der Waals surface area contributed by atoms with Gasteiger partial charge in [0.25, 0.3) is 0 Å². The zero-order valence-electron chi connectivity index (χ0n) is 15.7. The third kappa shape index (κ3) is 5.61. The van der Waals surface area contributed by atoms with Gasteiger partial charge in [0, 0.05) is 30.4 Å². The number of hydrogen-bond acceptors (Lipinski definition) is 4. The van der Waals surface area contributed by atoms with E-state index in [1.807, 2.05) is 24.3 Å². The Hall–Kier alpha value is -0.840. The maximum absolute atomic E-state index is 6.18. The van der Waals surface area contributed by atoms with Crippen LogP contribution in [0.3, 0.4) is 0 Å². The number of ether oxygens (including phenoxy) is 4. The number of hydrogen-bond donors (Lipinski definition) is 0. The van der Waals surface area contributed by atoms with Crippen LogP contribution in [0.4, 0.5) is 0 Å². The minimum atomic E-state index is 0.523. The molecule has 0 saturated carbocycles. The summed E-state index contributed by atoms with van der Waals surface area (Å²) in [7, 11) is 0. The molecule has 0 N–H and O–H groups in total. The van der Waals surface area contributed by atoms with Crippen LogP contribution in [-0.2, 0) is 9.47 Å². The molecule has 0 aromatic heterocycles. The molecule has 150 valence electrons. The van der Waals surface area contributed by atoms with Crippen molar-refractivity contribution in [2.24, 2.45) is 0 Å². The molecule has 6 heteroatoms. The van der Waals surface area contributed by atoms with Gasteiger partial charge in [-0.1, -0.05) is 93.7 Å². The Morgan fingerprint density at radius 3 is 1.18 bits per heavy atom. The number of fused-ring (bicyclic) bond motifs is 2. The molecule has 3 aromatic rings. The van der Waals surface area contributed by atoms with Gasteiger partial charge in [0.1, 0.15) is 24.7 Å². The van der Waals surface area contributed by atoms with Crippen molar-refractivity contribution < 1.29 is 18.9 Å². The second-order valence-electron chi connectivity index (χ2n) is 6.05. The molecule has 0 amide bonds. The van der Waals surface area contributed by atoms with Gasteiger partial charge in [0.05, 0.1) is 26.4 Å². The normalized spacial score (nSPS) is 11.2. The van der Waals surface area contributed by atoms with Crippen molar-refractivity contribution in [3.63, 3.8) is 0 Å². The highest BCUT2D eigenvalue weighted by Gasteiger charge is 2.15. The summed E-state index contributed by atoms with van der Waals surface area (Å²) in [6.45, 7) is 3.70. The minimum Gasteiger partial charge on any atom is -0.490 e. The van der Waals surface area contributed by atoms with E-state index in [1.165, 1.54) is 0 Å². The Bertz CT molecular complexity index is 756. The second-order valence-corrected chi connectivity index (χ2v) is 8.21. The second kappa shape index (κ2) is 12.0. The minimum absolute atomic E-state index is 0.523. The van der Waals surface area contributed by atoms with E-state index in [9.17, 15) is 0 Å². The van der Waals surface area contributed by atoms with Crippen molar-refractivity contribution in [1.29, 1.82) is 0 Å². The Morgan fingerprint density at radius 1 is 0.500 bits per heavy atom.